The zero-order valence-electron chi connectivity index (χ0n) is 29.8. The molecule has 2 aromatic carbocycles. The van der Waals surface area contributed by atoms with E-state index in [1.807, 2.05) is 48.1 Å². The number of nitrogens with two attached hydrogens (primary N) is 1. The molecule has 0 fully saturated rings. The molecule has 4 N–H and O–H groups in total. The molecule has 2 aliphatic heterocycles. The molecule has 53 heavy (non-hydrogen) atoms. The molecule has 0 spiro atoms. The summed E-state index contributed by atoms with van der Waals surface area (Å²) in [5, 5.41) is 15.6. The number of carbonyl (C=O) groups excluding carboxylic acids is 3. The van der Waals surface area contributed by atoms with Crippen molar-refractivity contribution >= 4 is 67.6 Å². The number of ether oxygens (including phenoxy) is 1. The van der Waals surface area contributed by atoms with Gasteiger partial charge >= 0.3 is 0 Å². The summed E-state index contributed by atoms with van der Waals surface area (Å²) in [5.41, 5.74) is 12.2. The largest absolute Gasteiger partial charge is 0.489 e. The molecule has 0 unspecified atom stereocenters. The Morgan fingerprint density at radius 2 is 1.83 bits per heavy atom. The third-order valence-corrected chi connectivity index (χ3v) is 10.8. The van der Waals surface area contributed by atoms with E-state index in [4.69, 9.17) is 25.5 Å². The molecule has 0 aliphatic carbocycles. The van der Waals surface area contributed by atoms with Gasteiger partial charge in [0.15, 0.2) is 0 Å². The minimum atomic E-state index is -0.595. The number of para-hydroxylation sites is 1. The second-order valence-electron chi connectivity index (χ2n) is 13.7. The van der Waals surface area contributed by atoms with Crippen LogP contribution in [0, 0.1) is 13.8 Å². The number of halogens is 1. The molecule has 16 heteroatoms. The van der Waals surface area contributed by atoms with E-state index < -0.39 is 5.91 Å². The number of anilines is 2. The number of rotatable bonds is 2. The molecule has 0 radical (unpaired) electrons. The van der Waals surface area contributed by atoms with Crippen molar-refractivity contribution in [3.8, 4) is 5.75 Å². The zero-order chi connectivity index (χ0) is 37.0. The number of hydrogen-bond acceptors (Lipinski definition) is 8. The van der Waals surface area contributed by atoms with Crippen LogP contribution in [0.5, 0.6) is 5.75 Å². The number of imidazole rings is 2. The van der Waals surface area contributed by atoms with Crippen molar-refractivity contribution in [3.63, 3.8) is 0 Å². The highest BCUT2D eigenvalue weighted by Crippen LogP contribution is 2.39. The first-order valence-corrected chi connectivity index (χ1v) is 18.8. The zero-order valence-corrected chi connectivity index (χ0v) is 31.4. The lowest BCUT2D eigenvalue weighted by molar-refractivity contribution is 0.0994. The van der Waals surface area contributed by atoms with Crippen LogP contribution >= 0.6 is 15.9 Å². The number of nitrogens with one attached hydrogen (secondary N) is 2. The van der Waals surface area contributed by atoms with E-state index in [-0.39, 0.29) is 30.0 Å². The normalized spacial score (nSPS) is 16.9. The number of fused-ring (bicyclic) bond motifs is 5. The maximum absolute atomic E-state index is 14.3. The van der Waals surface area contributed by atoms with Crippen molar-refractivity contribution < 1.29 is 19.1 Å². The smallest absolute Gasteiger partial charge is 0.276 e. The van der Waals surface area contributed by atoms with Gasteiger partial charge in [-0.2, -0.15) is 10.2 Å². The third kappa shape index (κ3) is 6.23. The van der Waals surface area contributed by atoms with Gasteiger partial charge < -0.3 is 19.6 Å². The number of aryl methyl sites for hydroxylation is 5. The number of primary amides is 1. The van der Waals surface area contributed by atoms with Gasteiger partial charge in [0.2, 0.25) is 17.8 Å². The maximum Gasteiger partial charge on any atom is 0.276 e. The van der Waals surface area contributed by atoms with Gasteiger partial charge in [0, 0.05) is 35.2 Å². The number of aromatic nitrogens is 8. The van der Waals surface area contributed by atoms with Crippen LogP contribution in [0.25, 0.3) is 22.1 Å². The van der Waals surface area contributed by atoms with Crippen LogP contribution in [-0.4, -0.2) is 63.0 Å². The standard InChI is InChI=1S/C37H40BrN11O4/c1-4-47-31-24(21(3)45-47)11-6-5-7-15-48-28(16-20(2)44-48)34(51)42-36-41-30-25(38)12-8-13-27(30)46(36)14-9-10-23-19-53-29-18-22(33(39)50)17-26-32(29)49(23)37(40-26)43-35(31)52/h8,12-13,16-18,23H,4-7,9-11,14-15,19H2,1-3H3,(H2,39,50)(H,40,43,52)(H,41,42,51)/t23-/m0/s1. The summed E-state index contributed by atoms with van der Waals surface area (Å²) in [7, 11) is 0. The van der Waals surface area contributed by atoms with Gasteiger partial charge in [0.05, 0.1) is 28.5 Å². The lowest BCUT2D eigenvalue weighted by Crippen LogP contribution is -2.27. The average Bonchev–Trinajstić information content (AvgIpc) is 3.88. The van der Waals surface area contributed by atoms with Gasteiger partial charge in [0.25, 0.3) is 11.8 Å². The lowest BCUT2D eigenvalue weighted by Gasteiger charge is -2.27. The summed E-state index contributed by atoms with van der Waals surface area (Å²) in [6, 6.07) is 10.7. The van der Waals surface area contributed by atoms with Crippen LogP contribution in [0.15, 0.2) is 40.9 Å². The molecule has 0 bridgehead atoms. The Balaban J connectivity index is 1.21. The number of hydrogen-bond donors (Lipinski definition) is 3. The molecule has 8 rings (SSSR count). The first-order valence-electron chi connectivity index (χ1n) is 18.0. The molecular weight excluding hydrogens is 742 g/mol. The number of amides is 3. The highest BCUT2D eigenvalue weighted by Gasteiger charge is 2.31. The molecule has 6 heterocycles. The van der Waals surface area contributed by atoms with Crippen molar-refractivity contribution in [1.29, 1.82) is 0 Å². The number of carbonyl (C=O) groups is 3. The third-order valence-electron chi connectivity index (χ3n) is 10.1. The van der Waals surface area contributed by atoms with E-state index in [2.05, 4.69) is 31.7 Å². The van der Waals surface area contributed by atoms with Crippen molar-refractivity contribution in [1.82, 2.24) is 38.7 Å². The first-order chi connectivity index (χ1) is 25.6. The fourth-order valence-corrected chi connectivity index (χ4v) is 8.09. The van der Waals surface area contributed by atoms with E-state index in [0.29, 0.717) is 79.0 Å². The Morgan fingerprint density at radius 3 is 2.64 bits per heavy atom. The summed E-state index contributed by atoms with van der Waals surface area (Å²) in [4.78, 5) is 50.1. The summed E-state index contributed by atoms with van der Waals surface area (Å²) in [6.45, 7) is 7.68. The van der Waals surface area contributed by atoms with Crippen LogP contribution in [-0.2, 0) is 26.1 Å². The van der Waals surface area contributed by atoms with Crippen LogP contribution in [0.4, 0.5) is 11.9 Å². The maximum atomic E-state index is 14.3. The van der Waals surface area contributed by atoms with Crippen molar-refractivity contribution in [2.24, 2.45) is 5.73 Å². The van der Waals surface area contributed by atoms with Crippen molar-refractivity contribution in [2.45, 2.75) is 85.0 Å². The Bertz CT molecular complexity index is 2440. The Hall–Kier alpha value is -5.51. The van der Waals surface area contributed by atoms with Gasteiger partial charge in [0.1, 0.15) is 34.8 Å². The van der Waals surface area contributed by atoms with Crippen LogP contribution in [0.3, 0.4) is 0 Å². The van der Waals surface area contributed by atoms with E-state index in [0.717, 1.165) is 51.7 Å². The molecule has 274 valence electrons. The molecule has 4 aromatic heterocycles. The first kappa shape index (κ1) is 34.6. The van der Waals surface area contributed by atoms with Gasteiger partial charge in [-0.25, -0.2) is 9.97 Å². The Morgan fingerprint density at radius 1 is 1.00 bits per heavy atom. The fraction of sp³-hybridized carbons (Fsp3) is 0.378. The number of nitrogens with zero attached hydrogens (tertiary/aromatic N) is 8. The predicted molar refractivity (Wildman–Crippen MR) is 203 cm³/mol. The summed E-state index contributed by atoms with van der Waals surface area (Å²) < 4.78 is 14.6. The van der Waals surface area contributed by atoms with E-state index in [9.17, 15) is 14.4 Å². The monoisotopic (exact) mass is 781 g/mol. The van der Waals surface area contributed by atoms with Crippen LogP contribution in [0.2, 0.25) is 0 Å². The Labute approximate surface area is 313 Å². The Kier molecular flexibility index (Phi) is 9.00. The van der Waals surface area contributed by atoms with Gasteiger partial charge in [-0.15, -0.1) is 0 Å². The summed E-state index contributed by atoms with van der Waals surface area (Å²) >= 11 is 3.64. The number of benzene rings is 2. The molecule has 2 aliphatic rings. The second kappa shape index (κ2) is 13.8. The SMILES string of the molecule is CCn1nc(C)c2c1C(=O)Nc1nc3cc(C(N)=O)cc4c3n1[C@@H](CCCn1c(nc3c(Br)cccc31)NC(=O)c1cc(C)nn1CCCCC2)CO4. The molecule has 1 atom stereocenters. The van der Waals surface area contributed by atoms with E-state index in [1.54, 1.807) is 27.6 Å². The van der Waals surface area contributed by atoms with E-state index in [1.165, 1.54) is 0 Å². The fourth-order valence-electron chi connectivity index (χ4n) is 7.65. The average molecular weight is 783 g/mol. The van der Waals surface area contributed by atoms with E-state index >= 15 is 0 Å². The highest BCUT2D eigenvalue weighted by atomic mass is 79.9. The van der Waals surface area contributed by atoms with Crippen LogP contribution in [0.1, 0.15) is 93.4 Å². The predicted octanol–water partition coefficient (Wildman–Crippen LogP) is 5.92. The van der Waals surface area contributed by atoms with Gasteiger partial charge in [-0.1, -0.05) is 12.5 Å². The van der Waals surface area contributed by atoms with Gasteiger partial charge in [-0.05, 0) is 99.1 Å². The second-order valence-corrected chi connectivity index (χ2v) is 14.5. The van der Waals surface area contributed by atoms with Crippen LogP contribution < -0.4 is 21.1 Å². The topological polar surface area (TPSA) is 182 Å². The molecule has 0 saturated heterocycles. The molecule has 3 amide bonds. The van der Waals surface area contributed by atoms with Crippen molar-refractivity contribution in [2.75, 3.05) is 17.2 Å². The lowest BCUT2D eigenvalue weighted by atomic mass is 10.0. The minimum absolute atomic E-state index is 0.217. The van der Waals surface area contributed by atoms with Gasteiger partial charge in [-0.3, -0.25) is 34.4 Å². The molecule has 15 nitrogen and oxygen atoms in total. The summed E-state index contributed by atoms with van der Waals surface area (Å²) in [6.07, 6.45) is 4.41. The quantitative estimate of drug-likeness (QED) is 0.194. The highest BCUT2D eigenvalue weighted by molar-refractivity contribution is 9.10. The molecule has 6 aromatic rings. The minimum Gasteiger partial charge on any atom is -0.489 e. The molecular formula is C37H40BrN11O4. The molecule has 0 saturated carbocycles. The summed E-state index contributed by atoms with van der Waals surface area (Å²) in [5.74, 6) is 0.0957. The van der Waals surface area contributed by atoms with Crippen molar-refractivity contribution in [3.05, 3.63) is 74.8 Å².